The number of carbonyl (C=O) groups excluding carboxylic acids is 1. The Bertz CT molecular complexity index is 425. The van der Waals surface area contributed by atoms with Crippen molar-refractivity contribution >= 4 is 23.6 Å². The number of halogens is 3. The van der Waals surface area contributed by atoms with Crippen LogP contribution in [0, 0.1) is 10.1 Å². The van der Waals surface area contributed by atoms with Crippen LogP contribution in [0.1, 0.15) is 22.5 Å². The number of aromatic nitrogens is 1. The molecule has 0 bridgehead atoms. The molecule has 0 saturated heterocycles. The summed E-state index contributed by atoms with van der Waals surface area (Å²) < 4.78 is 24.6. The molecule has 0 aliphatic rings. The van der Waals surface area contributed by atoms with E-state index in [2.05, 4.69) is 4.98 Å². The first-order valence-electron chi connectivity index (χ1n) is 3.55. The molecule has 1 heterocycles. The Labute approximate surface area is 86.8 Å². The fraction of sp³-hybridized carbons (Fsp3) is 0.143. The van der Waals surface area contributed by atoms with E-state index in [0.717, 1.165) is 6.20 Å². The second-order valence-electron chi connectivity index (χ2n) is 2.43. The third kappa shape index (κ3) is 2.07. The van der Waals surface area contributed by atoms with Gasteiger partial charge in [-0.2, -0.15) is 0 Å². The van der Waals surface area contributed by atoms with E-state index < -0.39 is 28.3 Å². The Balaban J connectivity index is 3.56. The zero-order valence-electron chi connectivity index (χ0n) is 6.99. The van der Waals surface area contributed by atoms with Gasteiger partial charge in [-0.25, -0.2) is 13.8 Å². The largest absolute Gasteiger partial charge is 0.308 e. The molecule has 0 spiro atoms. The van der Waals surface area contributed by atoms with Crippen molar-refractivity contribution in [3.8, 4) is 0 Å². The van der Waals surface area contributed by atoms with Gasteiger partial charge in [0.15, 0.2) is 12.0 Å². The van der Waals surface area contributed by atoms with Crippen LogP contribution in [-0.4, -0.2) is 16.2 Å². The highest BCUT2D eigenvalue weighted by Gasteiger charge is 2.29. The van der Waals surface area contributed by atoms with Gasteiger partial charge in [0.05, 0.1) is 9.95 Å². The van der Waals surface area contributed by atoms with Gasteiger partial charge in [-0.3, -0.25) is 14.9 Å². The number of nitrogens with zero attached hydrogens (tertiary/aromatic N) is 2. The summed E-state index contributed by atoms with van der Waals surface area (Å²) in [4.78, 5) is 23.0. The van der Waals surface area contributed by atoms with Crippen molar-refractivity contribution in [3.05, 3.63) is 32.6 Å². The lowest BCUT2D eigenvalue weighted by Gasteiger charge is -2.03. The second kappa shape index (κ2) is 4.26. The predicted molar refractivity (Wildman–Crippen MR) is 46.2 cm³/mol. The molecular weight excluding hydrogens is 234 g/mol. The maximum atomic E-state index is 12.3. The first-order valence-corrected chi connectivity index (χ1v) is 3.93. The lowest BCUT2D eigenvalue weighted by molar-refractivity contribution is -0.386. The maximum Gasteiger partial charge on any atom is 0.308 e. The summed E-state index contributed by atoms with van der Waals surface area (Å²) in [5.74, 6) is 0. The van der Waals surface area contributed by atoms with Gasteiger partial charge in [-0.1, -0.05) is 11.6 Å². The normalized spacial score (nSPS) is 10.4. The predicted octanol–water partition coefficient (Wildman–Crippen LogP) is 2.39. The smallest absolute Gasteiger partial charge is 0.298 e. The minimum absolute atomic E-state index is 0.0496. The zero-order valence-corrected chi connectivity index (χ0v) is 7.74. The number of hydrogen-bond acceptors (Lipinski definition) is 4. The summed E-state index contributed by atoms with van der Waals surface area (Å²) in [7, 11) is 0. The Morgan fingerprint density at radius 2 is 2.20 bits per heavy atom. The molecule has 0 fully saturated rings. The van der Waals surface area contributed by atoms with Crippen LogP contribution in [0.2, 0.25) is 5.02 Å². The van der Waals surface area contributed by atoms with Crippen molar-refractivity contribution in [3.63, 3.8) is 0 Å². The van der Waals surface area contributed by atoms with Gasteiger partial charge < -0.3 is 0 Å². The summed E-state index contributed by atoms with van der Waals surface area (Å²) in [6.45, 7) is 0. The van der Waals surface area contributed by atoms with Crippen molar-refractivity contribution in [2.75, 3.05) is 0 Å². The van der Waals surface area contributed by atoms with Gasteiger partial charge in [0, 0.05) is 6.20 Å². The van der Waals surface area contributed by atoms with E-state index in [-0.39, 0.29) is 11.3 Å². The van der Waals surface area contributed by atoms with Crippen LogP contribution in [0.4, 0.5) is 14.5 Å². The number of alkyl halides is 2. The van der Waals surface area contributed by atoms with Crippen molar-refractivity contribution in [1.29, 1.82) is 0 Å². The number of carbonyl (C=O) groups is 1. The molecule has 0 atom stereocenters. The van der Waals surface area contributed by atoms with Crippen molar-refractivity contribution in [1.82, 2.24) is 4.98 Å². The van der Waals surface area contributed by atoms with Gasteiger partial charge in [0.25, 0.3) is 6.43 Å². The summed E-state index contributed by atoms with van der Waals surface area (Å²) >= 11 is 5.41. The van der Waals surface area contributed by atoms with Crippen LogP contribution in [0.15, 0.2) is 6.20 Å². The van der Waals surface area contributed by atoms with Gasteiger partial charge >= 0.3 is 5.69 Å². The molecule has 15 heavy (non-hydrogen) atoms. The Kier molecular flexibility index (Phi) is 3.25. The molecule has 80 valence electrons. The molecule has 5 nitrogen and oxygen atoms in total. The molecule has 0 aromatic carbocycles. The zero-order chi connectivity index (χ0) is 11.6. The molecule has 0 aliphatic carbocycles. The Hall–Kier alpha value is -1.63. The SMILES string of the molecule is O=Cc1c(Cl)cnc(C(F)F)c1[N+](=O)[O-]. The minimum atomic E-state index is -3.14. The maximum absolute atomic E-state index is 12.3. The van der Waals surface area contributed by atoms with E-state index in [1.165, 1.54) is 0 Å². The molecule has 1 aromatic heterocycles. The second-order valence-corrected chi connectivity index (χ2v) is 2.84. The monoisotopic (exact) mass is 236 g/mol. The molecule has 0 aliphatic heterocycles. The third-order valence-corrected chi connectivity index (χ3v) is 1.88. The van der Waals surface area contributed by atoms with E-state index in [0.29, 0.717) is 0 Å². The van der Waals surface area contributed by atoms with E-state index in [1.807, 2.05) is 0 Å². The number of aldehydes is 1. The molecule has 0 unspecified atom stereocenters. The number of rotatable bonds is 3. The number of pyridine rings is 1. The van der Waals surface area contributed by atoms with Crippen molar-refractivity contribution in [2.24, 2.45) is 0 Å². The molecule has 1 rings (SSSR count). The van der Waals surface area contributed by atoms with Gasteiger partial charge in [-0.15, -0.1) is 0 Å². The van der Waals surface area contributed by atoms with Crippen molar-refractivity contribution < 1.29 is 18.5 Å². The molecule has 1 aromatic rings. The molecule has 0 N–H and O–H groups in total. The highest BCUT2D eigenvalue weighted by molar-refractivity contribution is 6.33. The molecule has 8 heteroatoms. The highest BCUT2D eigenvalue weighted by atomic mass is 35.5. The van der Waals surface area contributed by atoms with Crippen LogP contribution in [-0.2, 0) is 0 Å². The topological polar surface area (TPSA) is 73.1 Å². The van der Waals surface area contributed by atoms with E-state index >= 15 is 0 Å². The molecule has 0 radical (unpaired) electrons. The number of nitro groups is 1. The van der Waals surface area contributed by atoms with Crippen LogP contribution < -0.4 is 0 Å². The molecular formula is C7H3ClF2N2O3. The van der Waals surface area contributed by atoms with E-state index in [4.69, 9.17) is 11.6 Å². The van der Waals surface area contributed by atoms with Crippen LogP contribution >= 0.6 is 11.6 Å². The fourth-order valence-corrected chi connectivity index (χ4v) is 1.15. The summed E-state index contributed by atoms with van der Waals surface area (Å²) in [5.41, 5.74) is -2.70. The van der Waals surface area contributed by atoms with Crippen LogP contribution in [0.5, 0.6) is 0 Å². The van der Waals surface area contributed by atoms with Gasteiger partial charge in [-0.05, 0) is 0 Å². The lowest BCUT2D eigenvalue weighted by Crippen LogP contribution is -2.03. The van der Waals surface area contributed by atoms with Crippen LogP contribution in [0.3, 0.4) is 0 Å². The summed E-state index contributed by atoms with van der Waals surface area (Å²) in [6.07, 6.45) is -2.31. The summed E-state index contributed by atoms with van der Waals surface area (Å²) in [6, 6.07) is 0. The van der Waals surface area contributed by atoms with E-state index in [9.17, 15) is 23.7 Å². The first kappa shape index (κ1) is 11.4. The quantitative estimate of drug-likeness (QED) is 0.459. The Morgan fingerprint density at radius 3 is 2.60 bits per heavy atom. The Morgan fingerprint density at radius 1 is 1.60 bits per heavy atom. The average Bonchev–Trinajstić information content (AvgIpc) is 2.16. The number of hydrogen-bond donors (Lipinski definition) is 0. The van der Waals surface area contributed by atoms with Gasteiger partial charge in [0.1, 0.15) is 5.56 Å². The standard InChI is InChI=1S/C7H3ClF2N2O3/c8-4-1-11-5(7(9)10)6(12(14)15)3(4)2-13/h1-2,7H. The lowest BCUT2D eigenvalue weighted by atomic mass is 10.2. The first-order chi connectivity index (χ1) is 6.99. The van der Waals surface area contributed by atoms with Crippen LogP contribution in [0.25, 0.3) is 0 Å². The molecule has 0 amide bonds. The van der Waals surface area contributed by atoms with Crippen molar-refractivity contribution in [2.45, 2.75) is 6.43 Å². The van der Waals surface area contributed by atoms with E-state index in [1.54, 1.807) is 0 Å². The minimum Gasteiger partial charge on any atom is -0.298 e. The highest BCUT2D eigenvalue weighted by Crippen LogP contribution is 2.32. The van der Waals surface area contributed by atoms with Gasteiger partial charge in [0.2, 0.25) is 0 Å². The summed E-state index contributed by atoms with van der Waals surface area (Å²) in [5, 5.41) is 10.1. The fourth-order valence-electron chi connectivity index (χ4n) is 0.972. The molecule has 0 saturated carbocycles. The third-order valence-electron chi connectivity index (χ3n) is 1.58. The average molecular weight is 237 g/mol.